The van der Waals surface area contributed by atoms with Gasteiger partial charge in [-0.2, -0.15) is 4.98 Å². The number of ether oxygens (including phenoxy) is 2. The predicted molar refractivity (Wildman–Crippen MR) is 90.0 cm³/mol. The molecule has 4 rings (SSSR count). The summed E-state index contributed by atoms with van der Waals surface area (Å²) in [5, 5.41) is 4.00. The van der Waals surface area contributed by atoms with E-state index in [4.69, 9.17) is 14.0 Å². The Balaban J connectivity index is 1.55. The molecular weight excluding hydrogens is 320 g/mol. The molecule has 0 saturated heterocycles. The monoisotopic (exact) mass is 340 g/mol. The van der Waals surface area contributed by atoms with Crippen LogP contribution in [0.1, 0.15) is 36.5 Å². The minimum Gasteiger partial charge on any atom is -0.497 e. The van der Waals surface area contributed by atoms with Gasteiger partial charge in [0.15, 0.2) is 11.5 Å². The zero-order chi connectivity index (χ0) is 17.2. The third kappa shape index (κ3) is 3.02. The van der Waals surface area contributed by atoms with Gasteiger partial charge in [0.1, 0.15) is 11.9 Å². The van der Waals surface area contributed by atoms with E-state index in [1.807, 2.05) is 30.6 Å². The van der Waals surface area contributed by atoms with Crippen molar-refractivity contribution >= 4 is 0 Å². The van der Waals surface area contributed by atoms with E-state index in [9.17, 15) is 0 Å². The first kappa shape index (κ1) is 15.8. The van der Waals surface area contributed by atoms with Gasteiger partial charge in [-0.1, -0.05) is 24.2 Å². The Hall–Kier alpha value is -2.67. The van der Waals surface area contributed by atoms with Gasteiger partial charge in [-0.25, -0.2) is 4.98 Å². The van der Waals surface area contributed by atoms with E-state index >= 15 is 0 Å². The van der Waals surface area contributed by atoms with Crippen LogP contribution in [0.4, 0.5) is 0 Å². The number of hydrogen-bond donors (Lipinski definition) is 0. The van der Waals surface area contributed by atoms with Gasteiger partial charge in [-0.05, 0) is 24.1 Å². The number of hydrogen-bond acceptors (Lipinski definition) is 6. The van der Waals surface area contributed by atoms with Crippen molar-refractivity contribution in [3.05, 3.63) is 47.7 Å². The topological polar surface area (TPSA) is 75.2 Å². The van der Waals surface area contributed by atoms with Crippen LogP contribution < -0.4 is 4.74 Å². The summed E-state index contributed by atoms with van der Waals surface area (Å²) in [6.45, 7) is 3.24. The molecule has 1 atom stereocenters. The first-order chi connectivity index (χ1) is 12.3. The molecule has 130 valence electrons. The fraction of sp³-hybridized carbons (Fsp3) is 0.389. The molecule has 1 aliphatic rings. The molecule has 3 heterocycles. The van der Waals surface area contributed by atoms with E-state index in [1.54, 1.807) is 7.11 Å². The zero-order valence-corrected chi connectivity index (χ0v) is 14.3. The van der Waals surface area contributed by atoms with Crippen molar-refractivity contribution in [2.45, 2.75) is 39.0 Å². The van der Waals surface area contributed by atoms with E-state index in [2.05, 4.69) is 26.6 Å². The highest BCUT2D eigenvalue weighted by Gasteiger charge is 2.26. The lowest BCUT2D eigenvalue weighted by Crippen LogP contribution is -2.20. The maximum Gasteiger partial charge on any atom is 0.278 e. The minimum atomic E-state index is -0.0150. The largest absolute Gasteiger partial charge is 0.497 e. The van der Waals surface area contributed by atoms with Gasteiger partial charge in [0, 0.05) is 6.42 Å². The van der Waals surface area contributed by atoms with Crippen LogP contribution in [0, 0.1) is 0 Å². The second kappa shape index (κ2) is 6.68. The first-order valence-electron chi connectivity index (χ1n) is 8.41. The Morgan fingerprint density at radius 2 is 2.12 bits per heavy atom. The average Bonchev–Trinajstić information content (AvgIpc) is 3.28. The smallest absolute Gasteiger partial charge is 0.278 e. The Bertz CT molecular complexity index is 854. The van der Waals surface area contributed by atoms with Crippen LogP contribution >= 0.6 is 0 Å². The standard InChI is InChI=1S/C18H20N4O3/c1-3-4-16-20-18(25-21-16)17-14-10-24-15(9-22(14)11-19-17)12-5-7-13(23-2)8-6-12/h5-8,11,15H,3-4,9-10H2,1-2H3. The summed E-state index contributed by atoms with van der Waals surface area (Å²) >= 11 is 0. The highest BCUT2D eigenvalue weighted by Crippen LogP contribution is 2.31. The molecule has 1 unspecified atom stereocenters. The fourth-order valence-corrected chi connectivity index (χ4v) is 3.00. The summed E-state index contributed by atoms with van der Waals surface area (Å²) < 4.78 is 18.7. The normalized spacial score (nSPS) is 16.6. The van der Waals surface area contributed by atoms with Gasteiger partial charge in [-0.15, -0.1) is 0 Å². The van der Waals surface area contributed by atoms with Crippen molar-refractivity contribution in [1.29, 1.82) is 0 Å². The molecule has 0 spiro atoms. The van der Waals surface area contributed by atoms with Crippen molar-refractivity contribution in [2.75, 3.05) is 7.11 Å². The number of aromatic nitrogens is 4. The number of fused-ring (bicyclic) bond motifs is 1. The van der Waals surface area contributed by atoms with Crippen molar-refractivity contribution in [3.63, 3.8) is 0 Å². The number of rotatable bonds is 5. The average molecular weight is 340 g/mol. The van der Waals surface area contributed by atoms with Crippen LogP contribution in [0.25, 0.3) is 11.6 Å². The van der Waals surface area contributed by atoms with Gasteiger partial charge in [0.25, 0.3) is 5.89 Å². The maximum atomic E-state index is 6.05. The first-order valence-corrected chi connectivity index (χ1v) is 8.41. The second-order valence-electron chi connectivity index (χ2n) is 6.03. The molecule has 25 heavy (non-hydrogen) atoms. The third-order valence-electron chi connectivity index (χ3n) is 4.36. The molecule has 1 aliphatic heterocycles. The lowest BCUT2D eigenvalue weighted by molar-refractivity contribution is 0.00328. The predicted octanol–water partition coefficient (Wildman–Crippen LogP) is 3.17. The summed E-state index contributed by atoms with van der Waals surface area (Å²) in [6.07, 6.45) is 3.58. The van der Waals surface area contributed by atoms with E-state index in [0.29, 0.717) is 30.6 Å². The highest BCUT2D eigenvalue weighted by atomic mass is 16.5. The van der Waals surface area contributed by atoms with E-state index in [0.717, 1.165) is 29.8 Å². The van der Waals surface area contributed by atoms with Crippen LogP contribution in [0.15, 0.2) is 35.1 Å². The second-order valence-corrected chi connectivity index (χ2v) is 6.03. The van der Waals surface area contributed by atoms with E-state index in [1.165, 1.54) is 0 Å². The van der Waals surface area contributed by atoms with Crippen molar-refractivity contribution < 1.29 is 14.0 Å². The Kier molecular flexibility index (Phi) is 4.23. The van der Waals surface area contributed by atoms with Gasteiger partial charge >= 0.3 is 0 Å². The lowest BCUT2D eigenvalue weighted by atomic mass is 10.1. The molecule has 2 aromatic heterocycles. The number of benzene rings is 1. The van der Waals surface area contributed by atoms with Crippen molar-refractivity contribution in [2.24, 2.45) is 0 Å². The molecular formula is C18H20N4O3. The zero-order valence-electron chi connectivity index (χ0n) is 14.3. The van der Waals surface area contributed by atoms with Gasteiger partial charge < -0.3 is 18.6 Å². The number of methoxy groups -OCH3 is 1. The molecule has 0 amide bonds. The van der Waals surface area contributed by atoms with E-state index < -0.39 is 0 Å². The van der Waals surface area contributed by atoms with Crippen molar-refractivity contribution in [3.8, 4) is 17.3 Å². The summed E-state index contributed by atoms with van der Waals surface area (Å²) in [5.74, 6) is 2.01. The molecule has 3 aromatic rings. The Morgan fingerprint density at radius 1 is 1.28 bits per heavy atom. The van der Waals surface area contributed by atoms with E-state index in [-0.39, 0.29) is 6.10 Å². The van der Waals surface area contributed by atoms with Crippen LogP contribution in [0.2, 0.25) is 0 Å². The van der Waals surface area contributed by atoms with Gasteiger partial charge in [0.05, 0.1) is 32.3 Å². The molecule has 0 N–H and O–H groups in total. The highest BCUT2D eigenvalue weighted by molar-refractivity contribution is 5.51. The van der Waals surface area contributed by atoms with Gasteiger partial charge in [0.2, 0.25) is 0 Å². The van der Waals surface area contributed by atoms with Crippen molar-refractivity contribution in [1.82, 2.24) is 19.7 Å². The molecule has 0 bridgehead atoms. The molecule has 7 nitrogen and oxygen atoms in total. The Morgan fingerprint density at radius 3 is 2.88 bits per heavy atom. The summed E-state index contributed by atoms with van der Waals surface area (Å²) in [6, 6.07) is 7.95. The summed E-state index contributed by atoms with van der Waals surface area (Å²) in [4.78, 5) is 8.89. The lowest BCUT2D eigenvalue weighted by Gasteiger charge is -2.25. The quantitative estimate of drug-likeness (QED) is 0.710. The molecule has 0 fully saturated rings. The summed E-state index contributed by atoms with van der Waals surface area (Å²) in [5.41, 5.74) is 2.80. The molecule has 1 aromatic carbocycles. The van der Waals surface area contributed by atoms with Crippen LogP contribution in [-0.2, 0) is 24.3 Å². The Labute approximate surface area is 145 Å². The third-order valence-corrected chi connectivity index (χ3v) is 4.36. The van der Waals surface area contributed by atoms with Crippen LogP contribution in [-0.4, -0.2) is 26.8 Å². The molecule has 0 radical (unpaired) electrons. The number of nitrogens with zero attached hydrogens (tertiary/aromatic N) is 4. The minimum absolute atomic E-state index is 0.0150. The van der Waals surface area contributed by atoms with Crippen LogP contribution in [0.3, 0.4) is 0 Å². The molecule has 0 aliphatic carbocycles. The molecule has 0 saturated carbocycles. The summed E-state index contributed by atoms with van der Waals surface area (Å²) in [7, 11) is 1.66. The fourth-order valence-electron chi connectivity index (χ4n) is 3.00. The molecule has 7 heteroatoms. The number of imidazole rings is 1. The number of aryl methyl sites for hydroxylation is 1. The van der Waals surface area contributed by atoms with Gasteiger partial charge in [-0.3, -0.25) is 0 Å². The SMILES string of the molecule is CCCc1noc(-c2ncn3c2COC(c2ccc(OC)cc2)C3)n1. The van der Waals surface area contributed by atoms with Crippen LogP contribution in [0.5, 0.6) is 5.75 Å². The maximum absolute atomic E-state index is 6.05.